The van der Waals surface area contributed by atoms with Crippen LogP contribution in [0.3, 0.4) is 0 Å². The van der Waals surface area contributed by atoms with Gasteiger partial charge in [-0.2, -0.15) is 0 Å². The Hall–Kier alpha value is -4.05. The summed E-state index contributed by atoms with van der Waals surface area (Å²) in [6.07, 6.45) is 9.53. The zero-order valence-electron chi connectivity index (χ0n) is 23.4. The predicted octanol–water partition coefficient (Wildman–Crippen LogP) is 4.67. The minimum absolute atomic E-state index is 0.0993. The zero-order valence-corrected chi connectivity index (χ0v) is 24.2. The summed E-state index contributed by atoms with van der Waals surface area (Å²) >= 11 is 5.37. The fourth-order valence-corrected chi connectivity index (χ4v) is 3.62. The number of rotatable bonds is 14. The monoisotopic (exact) mass is 563 g/mol. The number of benzene rings is 2. The molecule has 0 saturated carbocycles. The van der Waals surface area contributed by atoms with Crippen LogP contribution in [0.25, 0.3) is 11.1 Å². The summed E-state index contributed by atoms with van der Waals surface area (Å²) in [6, 6.07) is 17.4. The number of carbonyl (C=O) groups excluding carboxylic acids is 2. The molecule has 0 radical (unpaired) electrons. The first kappa shape index (κ1) is 32.2. The molecule has 0 aliphatic carbocycles. The first-order valence-corrected chi connectivity index (χ1v) is 13.2. The van der Waals surface area contributed by atoms with Crippen LogP contribution in [-0.4, -0.2) is 58.0 Å². The van der Waals surface area contributed by atoms with E-state index < -0.39 is 5.91 Å². The molecule has 9 heteroatoms. The summed E-state index contributed by atoms with van der Waals surface area (Å²) in [7, 11) is 4.56. The highest BCUT2D eigenvalue weighted by atomic mass is 32.1. The van der Waals surface area contributed by atoms with Crippen LogP contribution in [0.5, 0.6) is 0 Å². The number of hydrogen-bond acceptors (Lipinski definition) is 6. The maximum Gasteiger partial charge on any atom is 0.257 e. The van der Waals surface area contributed by atoms with Crippen molar-refractivity contribution in [2.24, 2.45) is 0 Å². The Labute approximate surface area is 241 Å². The molecule has 8 nitrogen and oxygen atoms in total. The number of nitrogens with one attached hydrogen (secondary N) is 3. The van der Waals surface area contributed by atoms with Crippen LogP contribution in [0.15, 0.2) is 102 Å². The van der Waals surface area contributed by atoms with Gasteiger partial charge in [0.25, 0.3) is 11.8 Å². The third-order valence-electron chi connectivity index (χ3n) is 5.45. The van der Waals surface area contributed by atoms with Crippen LogP contribution in [-0.2, 0) is 19.0 Å². The van der Waals surface area contributed by atoms with Gasteiger partial charge in [-0.05, 0) is 66.2 Å². The van der Waals surface area contributed by atoms with Gasteiger partial charge in [0.05, 0.1) is 13.7 Å². The highest BCUT2D eigenvalue weighted by Gasteiger charge is 2.12. The van der Waals surface area contributed by atoms with E-state index in [-0.39, 0.29) is 30.8 Å². The lowest BCUT2D eigenvalue weighted by Crippen LogP contribution is -2.39. The molecule has 0 saturated heterocycles. The first-order chi connectivity index (χ1) is 19.4. The minimum atomic E-state index is -0.439. The molecule has 0 spiro atoms. The summed E-state index contributed by atoms with van der Waals surface area (Å²) in [5.74, 6) is -0.169. The van der Waals surface area contributed by atoms with Gasteiger partial charge < -0.3 is 24.8 Å². The van der Waals surface area contributed by atoms with E-state index in [4.69, 9.17) is 26.4 Å². The van der Waals surface area contributed by atoms with Crippen molar-refractivity contribution in [3.05, 3.63) is 108 Å². The number of amides is 2. The third-order valence-corrected chi connectivity index (χ3v) is 5.66. The molecular formula is C31H37N3O5S. The molecule has 2 aromatic carbocycles. The lowest BCUT2D eigenvalue weighted by molar-refractivity contribution is -0.115. The van der Waals surface area contributed by atoms with Crippen LogP contribution < -0.4 is 16.0 Å². The molecular weight excluding hydrogens is 526 g/mol. The van der Waals surface area contributed by atoms with E-state index in [1.165, 1.54) is 21.3 Å². The second-order valence-corrected chi connectivity index (χ2v) is 8.80. The van der Waals surface area contributed by atoms with Crippen molar-refractivity contribution in [1.29, 1.82) is 0 Å². The molecule has 0 aromatic heterocycles. The van der Waals surface area contributed by atoms with Gasteiger partial charge in [0.2, 0.25) is 0 Å². The van der Waals surface area contributed by atoms with Gasteiger partial charge in [0.15, 0.2) is 5.11 Å². The predicted molar refractivity (Wildman–Crippen MR) is 163 cm³/mol. The SMILES string of the molecule is CC/C=C\C(=C/CNC(=O)c1ccc(-c2ccccc2)cc1)NC(=S)NC(=O)C(/C=C(\COC)OC)=C/COC. The van der Waals surface area contributed by atoms with Gasteiger partial charge in [-0.1, -0.05) is 55.5 Å². The molecule has 3 N–H and O–H groups in total. The Kier molecular flexibility index (Phi) is 14.7. The normalized spacial score (nSPS) is 12.2. The number of carbonyl (C=O) groups is 2. The van der Waals surface area contributed by atoms with Crippen molar-refractivity contribution in [1.82, 2.24) is 16.0 Å². The van der Waals surface area contributed by atoms with E-state index in [1.807, 2.05) is 61.5 Å². The van der Waals surface area contributed by atoms with Crippen molar-refractivity contribution in [3.8, 4) is 11.1 Å². The van der Waals surface area contributed by atoms with Crippen LogP contribution in [0, 0.1) is 0 Å². The molecule has 0 unspecified atom stereocenters. The van der Waals surface area contributed by atoms with Gasteiger partial charge in [0, 0.05) is 37.6 Å². The first-order valence-electron chi connectivity index (χ1n) is 12.8. The molecule has 0 heterocycles. The number of hydrogen-bond donors (Lipinski definition) is 3. The maximum absolute atomic E-state index is 12.9. The molecule has 2 amide bonds. The fraction of sp³-hybridized carbons (Fsp3) is 0.258. The summed E-state index contributed by atoms with van der Waals surface area (Å²) in [6.45, 7) is 2.68. The number of ether oxygens (including phenoxy) is 3. The Morgan fingerprint density at radius 3 is 2.23 bits per heavy atom. The molecule has 2 rings (SSSR count). The van der Waals surface area contributed by atoms with Crippen LogP contribution in [0.2, 0.25) is 0 Å². The molecule has 0 aliphatic rings. The van der Waals surface area contributed by atoms with E-state index in [0.717, 1.165) is 17.5 Å². The highest BCUT2D eigenvalue weighted by molar-refractivity contribution is 7.80. The standard InChI is InChI=1S/C31H37N3O5S/c1-5-6-12-27(33-31(40)34-30(36)26(18-20-37-2)21-28(39-4)22-38-3)17-19-32-29(35)25-15-13-24(14-16-25)23-10-8-7-9-11-23/h6-18,21H,5,19-20,22H2,1-4H3,(H,32,35)(H2,33,34,36,40)/b12-6-,26-18+,27-17+,28-21+. The van der Waals surface area contributed by atoms with Gasteiger partial charge in [0.1, 0.15) is 12.4 Å². The van der Waals surface area contributed by atoms with E-state index in [2.05, 4.69) is 16.0 Å². The average Bonchev–Trinajstić information content (AvgIpc) is 2.97. The lowest BCUT2D eigenvalue weighted by atomic mass is 10.0. The summed E-state index contributed by atoms with van der Waals surface area (Å²) in [4.78, 5) is 25.6. The van der Waals surface area contributed by atoms with Crippen molar-refractivity contribution >= 4 is 29.1 Å². The molecule has 0 aliphatic heterocycles. The Morgan fingerprint density at radius 1 is 0.900 bits per heavy atom. The van der Waals surface area contributed by atoms with Crippen LogP contribution >= 0.6 is 12.2 Å². The summed E-state index contributed by atoms with van der Waals surface area (Å²) < 4.78 is 15.4. The number of methoxy groups -OCH3 is 3. The van der Waals surface area contributed by atoms with E-state index in [9.17, 15) is 9.59 Å². The zero-order chi connectivity index (χ0) is 29.2. The second-order valence-electron chi connectivity index (χ2n) is 8.39. The van der Waals surface area contributed by atoms with Gasteiger partial charge in [-0.3, -0.25) is 14.9 Å². The lowest BCUT2D eigenvalue weighted by Gasteiger charge is -2.12. The summed E-state index contributed by atoms with van der Waals surface area (Å²) in [5, 5.41) is 8.66. The Balaban J connectivity index is 2.03. The molecule has 0 fully saturated rings. The van der Waals surface area contributed by atoms with Crippen molar-refractivity contribution < 1.29 is 23.8 Å². The van der Waals surface area contributed by atoms with E-state index in [1.54, 1.807) is 30.4 Å². The van der Waals surface area contributed by atoms with Crippen LogP contribution in [0.1, 0.15) is 23.7 Å². The molecule has 212 valence electrons. The average molecular weight is 564 g/mol. The van der Waals surface area contributed by atoms with Crippen LogP contribution in [0.4, 0.5) is 0 Å². The summed E-state index contributed by atoms with van der Waals surface area (Å²) in [5.41, 5.74) is 3.62. The Morgan fingerprint density at radius 2 is 1.60 bits per heavy atom. The fourth-order valence-electron chi connectivity index (χ4n) is 3.41. The Bertz CT molecular complexity index is 1240. The largest absolute Gasteiger partial charge is 0.499 e. The number of allylic oxidation sites excluding steroid dienone is 2. The van der Waals surface area contributed by atoms with E-state index >= 15 is 0 Å². The minimum Gasteiger partial charge on any atom is -0.499 e. The molecule has 0 bridgehead atoms. The maximum atomic E-state index is 12.9. The molecule has 0 atom stereocenters. The second kappa shape index (κ2) is 18.3. The third kappa shape index (κ3) is 11.4. The van der Waals surface area contributed by atoms with Crippen molar-refractivity contribution in [2.75, 3.05) is 41.1 Å². The highest BCUT2D eigenvalue weighted by Crippen LogP contribution is 2.19. The molecule has 40 heavy (non-hydrogen) atoms. The quantitative estimate of drug-likeness (QED) is 0.133. The number of thiocarbonyl (C=S) groups is 1. The molecule has 2 aromatic rings. The van der Waals surface area contributed by atoms with E-state index in [0.29, 0.717) is 22.6 Å². The van der Waals surface area contributed by atoms with Gasteiger partial charge in [-0.15, -0.1) is 0 Å². The van der Waals surface area contributed by atoms with Gasteiger partial charge in [-0.25, -0.2) is 0 Å². The van der Waals surface area contributed by atoms with Gasteiger partial charge >= 0.3 is 0 Å². The van der Waals surface area contributed by atoms with Crippen molar-refractivity contribution in [2.45, 2.75) is 13.3 Å². The smallest absolute Gasteiger partial charge is 0.257 e. The van der Waals surface area contributed by atoms with Crippen molar-refractivity contribution in [3.63, 3.8) is 0 Å². The topological polar surface area (TPSA) is 97.9 Å².